The topological polar surface area (TPSA) is 38.7 Å². The number of aliphatic hydroxyl groups excluding tert-OH is 1. The van der Waals surface area contributed by atoms with Gasteiger partial charge in [0.1, 0.15) is 17.2 Å². The van der Waals surface area contributed by atoms with Gasteiger partial charge in [-0.1, -0.05) is 12.1 Å². The molecule has 0 amide bonds. The van der Waals surface area contributed by atoms with Gasteiger partial charge in [0, 0.05) is 0 Å². The Morgan fingerprint density at radius 1 is 1.05 bits per heavy atom. The maximum absolute atomic E-state index is 9.44. The van der Waals surface area contributed by atoms with Crippen LogP contribution in [0.15, 0.2) is 46.9 Å². The fourth-order valence-electron chi connectivity index (χ4n) is 1.63. The molecule has 0 spiro atoms. The van der Waals surface area contributed by atoms with Crippen molar-refractivity contribution in [1.29, 1.82) is 0 Å². The van der Waals surface area contributed by atoms with E-state index in [1.54, 1.807) is 14.0 Å². The van der Waals surface area contributed by atoms with E-state index in [-0.39, 0.29) is 0 Å². The standard InChI is InChI=1S/C15H15BrO3/c1-10(17)11-3-5-12(6-4-11)19-15-8-7-13(18-2)9-14(15)16/h3-10,17H,1-2H3/t10-/m0/s1. The number of hydrogen-bond acceptors (Lipinski definition) is 3. The van der Waals surface area contributed by atoms with Gasteiger partial charge in [0.15, 0.2) is 0 Å². The van der Waals surface area contributed by atoms with Crippen LogP contribution in [0.1, 0.15) is 18.6 Å². The van der Waals surface area contributed by atoms with E-state index in [1.165, 1.54) is 0 Å². The van der Waals surface area contributed by atoms with E-state index in [0.29, 0.717) is 5.75 Å². The average molecular weight is 323 g/mol. The minimum atomic E-state index is -0.471. The van der Waals surface area contributed by atoms with Crippen LogP contribution in [-0.2, 0) is 0 Å². The van der Waals surface area contributed by atoms with Crippen molar-refractivity contribution in [2.45, 2.75) is 13.0 Å². The number of ether oxygens (including phenoxy) is 2. The molecule has 4 heteroatoms. The van der Waals surface area contributed by atoms with Crippen LogP contribution in [0.3, 0.4) is 0 Å². The summed E-state index contributed by atoms with van der Waals surface area (Å²) >= 11 is 3.44. The Morgan fingerprint density at radius 3 is 2.21 bits per heavy atom. The van der Waals surface area contributed by atoms with E-state index >= 15 is 0 Å². The first-order chi connectivity index (χ1) is 9.10. The third-order valence-corrected chi connectivity index (χ3v) is 3.35. The van der Waals surface area contributed by atoms with Gasteiger partial charge in [-0.2, -0.15) is 0 Å². The Kier molecular flexibility index (Phi) is 4.45. The van der Waals surface area contributed by atoms with Gasteiger partial charge in [-0.15, -0.1) is 0 Å². The normalized spacial score (nSPS) is 12.0. The summed E-state index contributed by atoms with van der Waals surface area (Å²) in [5.41, 5.74) is 0.862. The average Bonchev–Trinajstić information content (AvgIpc) is 2.41. The van der Waals surface area contributed by atoms with Gasteiger partial charge in [0.25, 0.3) is 0 Å². The number of rotatable bonds is 4. The van der Waals surface area contributed by atoms with Crippen molar-refractivity contribution in [1.82, 2.24) is 0 Å². The van der Waals surface area contributed by atoms with Crippen molar-refractivity contribution in [3.63, 3.8) is 0 Å². The molecule has 19 heavy (non-hydrogen) atoms. The van der Waals surface area contributed by atoms with Crippen LogP contribution in [0.4, 0.5) is 0 Å². The van der Waals surface area contributed by atoms with Crippen LogP contribution in [0.25, 0.3) is 0 Å². The summed E-state index contributed by atoms with van der Waals surface area (Å²) in [6, 6.07) is 12.9. The van der Waals surface area contributed by atoms with Crippen LogP contribution >= 0.6 is 15.9 Å². The van der Waals surface area contributed by atoms with Gasteiger partial charge in [-0.3, -0.25) is 0 Å². The van der Waals surface area contributed by atoms with Gasteiger partial charge in [0.05, 0.1) is 17.7 Å². The van der Waals surface area contributed by atoms with Gasteiger partial charge in [-0.05, 0) is 58.7 Å². The van der Waals surface area contributed by atoms with Crippen LogP contribution < -0.4 is 9.47 Å². The number of halogens is 1. The smallest absolute Gasteiger partial charge is 0.141 e. The highest BCUT2D eigenvalue weighted by molar-refractivity contribution is 9.10. The van der Waals surface area contributed by atoms with Gasteiger partial charge in [-0.25, -0.2) is 0 Å². The second-order valence-corrected chi connectivity index (χ2v) is 5.00. The Labute approximate surface area is 120 Å². The molecule has 0 aromatic heterocycles. The van der Waals surface area contributed by atoms with Crippen LogP contribution in [0, 0.1) is 0 Å². The minimum Gasteiger partial charge on any atom is -0.497 e. The summed E-state index contributed by atoms with van der Waals surface area (Å²) in [5.74, 6) is 2.20. The van der Waals surface area contributed by atoms with Crippen LogP contribution in [0.2, 0.25) is 0 Å². The van der Waals surface area contributed by atoms with Crippen LogP contribution in [0.5, 0.6) is 17.2 Å². The highest BCUT2D eigenvalue weighted by atomic mass is 79.9. The molecule has 0 heterocycles. The number of aliphatic hydroxyl groups is 1. The number of methoxy groups -OCH3 is 1. The fraction of sp³-hybridized carbons (Fsp3) is 0.200. The molecular weight excluding hydrogens is 308 g/mol. The molecule has 100 valence electrons. The van der Waals surface area contributed by atoms with E-state index in [9.17, 15) is 5.11 Å². The predicted molar refractivity (Wildman–Crippen MR) is 77.8 cm³/mol. The van der Waals surface area contributed by atoms with Crippen molar-refractivity contribution in [3.8, 4) is 17.2 Å². The van der Waals surface area contributed by atoms with Crippen molar-refractivity contribution in [2.24, 2.45) is 0 Å². The molecule has 1 N–H and O–H groups in total. The molecule has 0 saturated heterocycles. The lowest BCUT2D eigenvalue weighted by molar-refractivity contribution is 0.199. The molecule has 2 aromatic rings. The van der Waals surface area contributed by atoms with E-state index in [0.717, 1.165) is 21.5 Å². The molecule has 3 nitrogen and oxygen atoms in total. The highest BCUT2D eigenvalue weighted by Crippen LogP contribution is 2.33. The summed E-state index contributed by atoms with van der Waals surface area (Å²) < 4.78 is 11.7. The second kappa shape index (κ2) is 6.08. The maximum atomic E-state index is 9.44. The van der Waals surface area contributed by atoms with E-state index < -0.39 is 6.10 Å². The third-order valence-electron chi connectivity index (χ3n) is 2.73. The molecule has 2 aromatic carbocycles. The minimum absolute atomic E-state index is 0.471. The molecule has 0 aliphatic rings. The summed E-state index contributed by atoms with van der Waals surface area (Å²) in [7, 11) is 1.62. The molecule has 1 atom stereocenters. The third kappa shape index (κ3) is 3.49. The van der Waals surface area contributed by atoms with Crippen molar-refractivity contribution < 1.29 is 14.6 Å². The van der Waals surface area contributed by atoms with E-state index in [1.807, 2.05) is 42.5 Å². The first-order valence-electron chi connectivity index (χ1n) is 5.89. The summed E-state index contributed by atoms with van der Waals surface area (Å²) in [6.45, 7) is 1.73. The SMILES string of the molecule is COc1ccc(Oc2ccc([C@H](C)O)cc2)c(Br)c1. The van der Waals surface area contributed by atoms with Gasteiger partial charge in [0.2, 0.25) is 0 Å². The highest BCUT2D eigenvalue weighted by Gasteiger charge is 2.05. The van der Waals surface area contributed by atoms with Crippen LogP contribution in [-0.4, -0.2) is 12.2 Å². The quantitative estimate of drug-likeness (QED) is 0.911. The first kappa shape index (κ1) is 13.9. The molecule has 0 radical (unpaired) electrons. The lowest BCUT2D eigenvalue weighted by atomic mass is 10.1. The molecule has 0 unspecified atom stereocenters. The Morgan fingerprint density at radius 2 is 1.68 bits per heavy atom. The fourth-order valence-corrected chi connectivity index (χ4v) is 2.07. The first-order valence-corrected chi connectivity index (χ1v) is 6.69. The Hall–Kier alpha value is -1.52. The number of benzene rings is 2. The van der Waals surface area contributed by atoms with E-state index in [4.69, 9.17) is 9.47 Å². The van der Waals surface area contributed by atoms with Crippen molar-refractivity contribution >= 4 is 15.9 Å². The van der Waals surface area contributed by atoms with Gasteiger partial charge < -0.3 is 14.6 Å². The molecule has 2 rings (SSSR count). The summed E-state index contributed by atoms with van der Waals surface area (Å²) in [6.07, 6.45) is -0.471. The summed E-state index contributed by atoms with van der Waals surface area (Å²) in [5, 5.41) is 9.44. The van der Waals surface area contributed by atoms with E-state index in [2.05, 4.69) is 15.9 Å². The predicted octanol–water partition coefficient (Wildman–Crippen LogP) is 4.30. The number of hydrogen-bond donors (Lipinski definition) is 1. The largest absolute Gasteiger partial charge is 0.497 e. The molecule has 0 fully saturated rings. The molecule has 0 saturated carbocycles. The molecule has 0 aliphatic carbocycles. The lowest BCUT2D eigenvalue weighted by Crippen LogP contribution is -1.91. The monoisotopic (exact) mass is 322 g/mol. The maximum Gasteiger partial charge on any atom is 0.141 e. The molecule has 0 bridgehead atoms. The second-order valence-electron chi connectivity index (χ2n) is 4.14. The van der Waals surface area contributed by atoms with Gasteiger partial charge >= 0.3 is 0 Å². The van der Waals surface area contributed by atoms with Crippen molar-refractivity contribution in [3.05, 3.63) is 52.5 Å². The molecular formula is C15H15BrO3. The zero-order valence-electron chi connectivity index (χ0n) is 10.8. The Bertz CT molecular complexity index is 550. The molecule has 0 aliphatic heterocycles. The Balaban J connectivity index is 2.16. The van der Waals surface area contributed by atoms with Crippen molar-refractivity contribution in [2.75, 3.05) is 7.11 Å². The summed E-state index contributed by atoms with van der Waals surface area (Å²) in [4.78, 5) is 0. The zero-order valence-corrected chi connectivity index (χ0v) is 12.3. The lowest BCUT2D eigenvalue weighted by Gasteiger charge is -2.10. The zero-order chi connectivity index (χ0) is 13.8.